The van der Waals surface area contributed by atoms with Gasteiger partial charge in [-0.2, -0.15) is 0 Å². The maximum atomic E-state index is 12.6. The lowest BCUT2D eigenvalue weighted by molar-refractivity contribution is -0.158. The normalized spacial score (nSPS) is 26.8. The second kappa shape index (κ2) is 6.37. The number of nitrogens with two attached hydrogens (primary N) is 1. The maximum Gasteiger partial charge on any atom is 0.326 e. The fourth-order valence-corrected chi connectivity index (χ4v) is 2.62. The van der Waals surface area contributed by atoms with Crippen LogP contribution >= 0.6 is 0 Å². The number of hydrogen-bond acceptors (Lipinski definition) is 3. The van der Waals surface area contributed by atoms with Crippen molar-refractivity contribution in [1.82, 2.24) is 4.90 Å². The number of carbonyl (C=O) groups is 2. The molecule has 3 N–H and O–H groups in total. The first-order valence-corrected chi connectivity index (χ1v) is 7.13. The van der Waals surface area contributed by atoms with Gasteiger partial charge in [-0.15, -0.1) is 0 Å². The number of amides is 1. The minimum Gasteiger partial charge on any atom is -0.480 e. The van der Waals surface area contributed by atoms with Crippen LogP contribution in [0.1, 0.15) is 46.5 Å². The molecule has 3 unspecified atom stereocenters. The summed E-state index contributed by atoms with van der Waals surface area (Å²) in [5.74, 6) is -0.614. The molecule has 5 nitrogen and oxygen atoms in total. The number of carboxylic acids is 1. The molecule has 1 amide bonds. The molecule has 19 heavy (non-hydrogen) atoms. The molecule has 5 heteroatoms. The molecule has 1 heterocycles. The van der Waals surface area contributed by atoms with Gasteiger partial charge in [-0.05, 0) is 32.1 Å². The van der Waals surface area contributed by atoms with E-state index in [4.69, 9.17) is 5.73 Å². The molecule has 1 rings (SSSR count). The second-order valence-electron chi connectivity index (χ2n) is 5.77. The molecular formula is C14H26N2O3. The van der Waals surface area contributed by atoms with Crippen LogP contribution in [0.5, 0.6) is 0 Å². The van der Waals surface area contributed by atoms with E-state index in [1.165, 1.54) is 4.90 Å². The summed E-state index contributed by atoms with van der Waals surface area (Å²) in [6, 6.07) is -0.691. The molecule has 0 aromatic carbocycles. The van der Waals surface area contributed by atoms with Crippen LogP contribution in [-0.4, -0.2) is 41.0 Å². The van der Waals surface area contributed by atoms with Crippen LogP contribution in [0.4, 0.5) is 0 Å². The van der Waals surface area contributed by atoms with E-state index < -0.39 is 17.4 Å². The third kappa shape index (κ3) is 3.26. The SMILES string of the molecule is CCC1CCN(C(=O)C(C)(CC)CN)C(C(=O)O)C1. The fraction of sp³-hybridized carbons (Fsp3) is 0.857. The summed E-state index contributed by atoms with van der Waals surface area (Å²) in [7, 11) is 0. The number of carboxylic acid groups (broad SMARTS) is 1. The van der Waals surface area contributed by atoms with E-state index in [2.05, 4.69) is 6.92 Å². The summed E-state index contributed by atoms with van der Waals surface area (Å²) in [6.07, 6.45) is 3.04. The van der Waals surface area contributed by atoms with Gasteiger partial charge in [-0.3, -0.25) is 4.79 Å². The second-order valence-corrected chi connectivity index (χ2v) is 5.77. The monoisotopic (exact) mass is 270 g/mol. The summed E-state index contributed by atoms with van der Waals surface area (Å²) < 4.78 is 0. The molecule has 0 aliphatic carbocycles. The van der Waals surface area contributed by atoms with Crippen LogP contribution in [0.2, 0.25) is 0 Å². The van der Waals surface area contributed by atoms with E-state index in [1.807, 2.05) is 13.8 Å². The highest BCUT2D eigenvalue weighted by atomic mass is 16.4. The Labute approximate surface area is 115 Å². The Balaban J connectivity index is 2.91. The van der Waals surface area contributed by atoms with Gasteiger partial charge in [0.25, 0.3) is 0 Å². The van der Waals surface area contributed by atoms with Gasteiger partial charge in [-0.25, -0.2) is 4.79 Å². The predicted octanol–water partition coefficient (Wildman–Crippen LogP) is 1.46. The minimum absolute atomic E-state index is 0.112. The first-order valence-electron chi connectivity index (χ1n) is 7.13. The van der Waals surface area contributed by atoms with E-state index in [-0.39, 0.29) is 12.5 Å². The van der Waals surface area contributed by atoms with Crippen molar-refractivity contribution >= 4 is 11.9 Å². The molecular weight excluding hydrogens is 244 g/mol. The van der Waals surface area contributed by atoms with Gasteiger partial charge < -0.3 is 15.7 Å². The summed E-state index contributed by atoms with van der Waals surface area (Å²) in [5, 5.41) is 9.36. The standard InChI is InChI=1S/C14H26N2O3/c1-4-10-6-7-16(11(8-10)12(17)18)13(19)14(3,5-2)9-15/h10-11H,4-9,15H2,1-3H3,(H,17,18). The van der Waals surface area contributed by atoms with E-state index in [9.17, 15) is 14.7 Å². The molecule has 0 radical (unpaired) electrons. The quantitative estimate of drug-likeness (QED) is 0.792. The van der Waals surface area contributed by atoms with Crippen LogP contribution in [0.15, 0.2) is 0 Å². The number of rotatable bonds is 5. The van der Waals surface area contributed by atoms with E-state index in [0.29, 0.717) is 25.3 Å². The van der Waals surface area contributed by atoms with Gasteiger partial charge in [0, 0.05) is 13.1 Å². The average molecular weight is 270 g/mol. The van der Waals surface area contributed by atoms with Gasteiger partial charge in [0.05, 0.1) is 5.41 Å². The van der Waals surface area contributed by atoms with Crippen molar-refractivity contribution in [1.29, 1.82) is 0 Å². The Hall–Kier alpha value is -1.10. The number of nitrogens with zero attached hydrogens (tertiary/aromatic N) is 1. The lowest BCUT2D eigenvalue weighted by atomic mass is 9.82. The van der Waals surface area contributed by atoms with Crippen molar-refractivity contribution in [2.75, 3.05) is 13.1 Å². The maximum absolute atomic E-state index is 12.6. The molecule has 0 saturated carbocycles. The average Bonchev–Trinajstić information content (AvgIpc) is 2.44. The van der Waals surface area contributed by atoms with Gasteiger partial charge in [0.2, 0.25) is 5.91 Å². The highest BCUT2D eigenvalue weighted by Crippen LogP contribution is 2.31. The number of carbonyl (C=O) groups excluding carboxylic acids is 1. The molecule has 110 valence electrons. The fourth-order valence-electron chi connectivity index (χ4n) is 2.62. The summed E-state index contributed by atoms with van der Waals surface area (Å²) in [6.45, 7) is 6.59. The Morgan fingerprint density at radius 3 is 2.47 bits per heavy atom. The smallest absolute Gasteiger partial charge is 0.326 e. The summed E-state index contributed by atoms with van der Waals surface area (Å²) >= 11 is 0. The molecule has 1 aliphatic rings. The molecule has 1 aliphatic heterocycles. The van der Waals surface area contributed by atoms with Crippen LogP contribution in [-0.2, 0) is 9.59 Å². The summed E-state index contributed by atoms with van der Waals surface area (Å²) in [5.41, 5.74) is 5.06. The van der Waals surface area contributed by atoms with Crippen molar-refractivity contribution in [3.05, 3.63) is 0 Å². The Morgan fingerprint density at radius 1 is 1.42 bits per heavy atom. The predicted molar refractivity (Wildman–Crippen MR) is 73.6 cm³/mol. The summed E-state index contributed by atoms with van der Waals surface area (Å²) in [4.78, 5) is 25.5. The zero-order chi connectivity index (χ0) is 14.6. The number of aliphatic carboxylic acids is 1. The molecule has 1 saturated heterocycles. The lowest BCUT2D eigenvalue weighted by Crippen LogP contribution is -2.55. The van der Waals surface area contributed by atoms with Crippen LogP contribution < -0.4 is 5.73 Å². The lowest BCUT2D eigenvalue weighted by Gasteiger charge is -2.41. The third-order valence-electron chi connectivity index (χ3n) is 4.58. The van der Waals surface area contributed by atoms with Crippen LogP contribution in [0.3, 0.4) is 0 Å². The van der Waals surface area contributed by atoms with Crippen LogP contribution in [0.25, 0.3) is 0 Å². The zero-order valence-corrected chi connectivity index (χ0v) is 12.2. The molecule has 0 spiro atoms. The van der Waals surface area contributed by atoms with Gasteiger partial charge >= 0.3 is 5.97 Å². The van der Waals surface area contributed by atoms with Gasteiger partial charge in [-0.1, -0.05) is 20.3 Å². The molecule has 0 bridgehead atoms. The number of likely N-dealkylation sites (tertiary alicyclic amines) is 1. The molecule has 1 fully saturated rings. The first-order chi connectivity index (χ1) is 8.89. The van der Waals surface area contributed by atoms with E-state index in [1.54, 1.807) is 0 Å². The third-order valence-corrected chi connectivity index (χ3v) is 4.58. The largest absolute Gasteiger partial charge is 0.480 e. The van der Waals surface area contributed by atoms with Crippen molar-refractivity contribution in [3.63, 3.8) is 0 Å². The molecule has 0 aromatic heterocycles. The Morgan fingerprint density at radius 2 is 2.05 bits per heavy atom. The van der Waals surface area contributed by atoms with E-state index >= 15 is 0 Å². The minimum atomic E-state index is -0.901. The first kappa shape index (κ1) is 16.0. The Kier molecular flexibility index (Phi) is 5.35. The van der Waals surface area contributed by atoms with Gasteiger partial charge in [0.15, 0.2) is 0 Å². The van der Waals surface area contributed by atoms with Crippen molar-refractivity contribution in [2.24, 2.45) is 17.1 Å². The highest BCUT2D eigenvalue weighted by Gasteiger charge is 2.41. The highest BCUT2D eigenvalue weighted by molar-refractivity contribution is 5.87. The molecule has 0 aromatic rings. The van der Waals surface area contributed by atoms with Crippen molar-refractivity contribution in [2.45, 2.75) is 52.5 Å². The van der Waals surface area contributed by atoms with Crippen molar-refractivity contribution < 1.29 is 14.7 Å². The Bertz CT molecular complexity index is 340. The van der Waals surface area contributed by atoms with Gasteiger partial charge in [0.1, 0.15) is 6.04 Å². The molecule has 3 atom stereocenters. The topological polar surface area (TPSA) is 83.6 Å². The van der Waals surface area contributed by atoms with Crippen LogP contribution in [0, 0.1) is 11.3 Å². The number of hydrogen-bond donors (Lipinski definition) is 2. The number of piperidine rings is 1. The van der Waals surface area contributed by atoms with Crippen molar-refractivity contribution in [3.8, 4) is 0 Å². The van der Waals surface area contributed by atoms with E-state index in [0.717, 1.165) is 12.8 Å². The zero-order valence-electron chi connectivity index (χ0n) is 12.2.